The Morgan fingerprint density at radius 1 is 1.29 bits per heavy atom. The fourth-order valence-corrected chi connectivity index (χ4v) is 1.35. The highest BCUT2D eigenvalue weighted by molar-refractivity contribution is 5.04. The van der Waals surface area contributed by atoms with E-state index in [1.807, 2.05) is 19.2 Å². The molecule has 0 saturated carbocycles. The average molecular weight is 193 g/mol. The minimum atomic E-state index is 0.164. The van der Waals surface area contributed by atoms with Gasteiger partial charge in [0.1, 0.15) is 5.82 Å². The molecule has 0 aromatic carbocycles. The molecule has 78 valence electrons. The van der Waals surface area contributed by atoms with Crippen molar-refractivity contribution >= 4 is 0 Å². The molecule has 0 saturated heterocycles. The first-order valence-electron chi connectivity index (χ1n) is 5.14. The molecule has 1 heterocycles. The highest BCUT2D eigenvalue weighted by Crippen LogP contribution is 2.04. The largest absolute Gasteiger partial charge is 0.328 e. The molecule has 3 nitrogen and oxygen atoms in total. The third-order valence-corrected chi connectivity index (χ3v) is 1.89. The van der Waals surface area contributed by atoms with E-state index in [9.17, 15) is 0 Å². The molecule has 0 spiro atoms. The van der Waals surface area contributed by atoms with E-state index in [0.29, 0.717) is 5.92 Å². The van der Waals surface area contributed by atoms with E-state index in [4.69, 9.17) is 5.73 Å². The zero-order chi connectivity index (χ0) is 10.6. The van der Waals surface area contributed by atoms with Gasteiger partial charge in [-0.2, -0.15) is 0 Å². The lowest BCUT2D eigenvalue weighted by atomic mass is 10.1. The maximum atomic E-state index is 5.72. The van der Waals surface area contributed by atoms with Crippen molar-refractivity contribution in [3.63, 3.8) is 0 Å². The Labute approximate surface area is 85.8 Å². The van der Waals surface area contributed by atoms with Gasteiger partial charge in [-0.05, 0) is 18.9 Å². The predicted molar refractivity (Wildman–Crippen MR) is 57.9 cm³/mol. The van der Waals surface area contributed by atoms with Gasteiger partial charge in [-0.25, -0.2) is 9.97 Å². The molecule has 1 atom stereocenters. The standard InChI is InChI=1S/C11H19N3/c1-8(2)6-11-13-5-4-10(14-11)7-9(3)12/h4-5,8-9H,6-7,12H2,1-3H3. The van der Waals surface area contributed by atoms with Crippen LogP contribution in [0, 0.1) is 5.92 Å². The fraction of sp³-hybridized carbons (Fsp3) is 0.636. The SMILES string of the molecule is CC(C)Cc1nccc(CC(C)N)n1. The molecule has 0 bridgehead atoms. The molecule has 1 rings (SSSR count). The summed E-state index contributed by atoms with van der Waals surface area (Å²) < 4.78 is 0. The van der Waals surface area contributed by atoms with Gasteiger partial charge < -0.3 is 5.73 Å². The van der Waals surface area contributed by atoms with Crippen LogP contribution in [0.3, 0.4) is 0 Å². The van der Waals surface area contributed by atoms with Gasteiger partial charge >= 0.3 is 0 Å². The summed E-state index contributed by atoms with van der Waals surface area (Å²) in [5.74, 6) is 1.53. The molecule has 0 aliphatic carbocycles. The number of nitrogens with two attached hydrogens (primary N) is 1. The van der Waals surface area contributed by atoms with Crippen LogP contribution < -0.4 is 5.73 Å². The summed E-state index contributed by atoms with van der Waals surface area (Å²) in [5.41, 5.74) is 6.76. The Morgan fingerprint density at radius 2 is 2.00 bits per heavy atom. The minimum absolute atomic E-state index is 0.164. The highest BCUT2D eigenvalue weighted by Gasteiger charge is 2.03. The van der Waals surface area contributed by atoms with Crippen LogP contribution in [0.15, 0.2) is 12.3 Å². The number of hydrogen-bond donors (Lipinski definition) is 1. The number of rotatable bonds is 4. The quantitative estimate of drug-likeness (QED) is 0.789. The monoisotopic (exact) mass is 193 g/mol. The van der Waals surface area contributed by atoms with Crippen LogP contribution in [0.4, 0.5) is 0 Å². The molecule has 3 heteroatoms. The van der Waals surface area contributed by atoms with E-state index < -0.39 is 0 Å². The first kappa shape index (κ1) is 11.1. The predicted octanol–water partition coefficient (Wildman–Crippen LogP) is 1.56. The van der Waals surface area contributed by atoms with Crippen molar-refractivity contribution in [2.75, 3.05) is 0 Å². The molecular weight excluding hydrogens is 174 g/mol. The van der Waals surface area contributed by atoms with Gasteiger partial charge in [-0.1, -0.05) is 13.8 Å². The van der Waals surface area contributed by atoms with Crippen LogP contribution in [0.1, 0.15) is 32.3 Å². The van der Waals surface area contributed by atoms with Crippen LogP contribution in [0.25, 0.3) is 0 Å². The summed E-state index contributed by atoms with van der Waals surface area (Å²) in [6, 6.07) is 2.10. The number of nitrogens with zero attached hydrogens (tertiary/aromatic N) is 2. The van der Waals surface area contributed by atoms with Gasteiger partial charge in [0.2, 0.25) is 0 Å². The van der Waals surface area contributed by atoms with Crippen molar-refractivity contribution in [3.05, 3.63) is 23.8 Å². The van der Waals surface area contributed by atoms with E-state index in [-0.39, 0.29) is 6.04 Å². The van der Waals surface area contributed by atoms with E-state index >= 15 is 0 Å². The minimum Gasteiger partial charge on any atom is -0.328 e. The molecule has 14 heavy (non-hydrogen) atoms. The average Bonchev–Trinajstić information content (AvgIpc) is 2.01. The molecule has 0 radical (unpaired) electrons. The lowest BCUT2D eigenvalue weighted by Crippen LogP contribution is -2.19. The first-order chi connectivity index (χ1) is 6.58. The van der Waals surface area contributed by atoms with Gasteiger partial charge in [0.25, 0.3) is 0 Å². The molecule has 0 aliphatic heterocycles. The Morgan fingerprint density at radius 3 is 2.57 bits per heavy atom. The Hall–Kier alpha value is -0.960. The summed E-state index contributed by atoms with van der Waals surface area (Å²) in [6.07, 6.45) is 3.59. The smallest absolute Gasteiger partial charge is 0.128 e. The zero-order valence-electron chi connectivity index (χ0n) is 9.20. The third-order valence-electron chi connectivity index (χ3n) is 1.89. The molecule has 0 amide bonds. The summed E-state index contributed by atoms with van der Waals surface area (Å²) in [6.45, 7) is 6.33. The van der Waals surface area contributed by atoms with E-state index in [1.165, 1.54) is 0 Å². The maximum Gasteiger partial charge on any atom is 0.128 e. The Kier molecular flexibility index (Phi) is 4.01. The van der Waals surface area contributed by atoms with Gasteiger partial charge in [0.05, 0.1) is 0 Å². The molecular formula is C11H19N3. The first-order valence-corrected chi connectivity index (χ1v) is 5.14. The second-order valence-corrected chi connectivity index (χ2v) is 4.24. The molecule has 1 unspecified atom stereocenters. The maximum absolute atomic E-state index is 5.72. The molecule has 1 aromatic rings. The van der Waals surface area contributed by atoms with Crippen LogP contribution in [-0.4, -0.2) is 16.0 Å². The van der Waals surface area contributed by atoms with Crippen LogP contribution >= 0.6 is 0 Å². The number of hydrogen-bond acceptors (Lipinski definition) is 3. The summed E-state index contributed by atoms with van der Waals surface area (Å²) in [7, 11) is 0. The van der Waals surface area contributed by atoms with Crippen molar-refractivity contribution in [2.24, 2.45) is 11.7 Å². The third kappa shape index (κ3) is 3.83. The van der Waals surface area contributed by atoms with Crippen LogP contribution in [0.2, 0.25) is 0 Å². The van der Waals surface area contributed by atoms with E-state index in [1.54, 1.807) is 0 Å². The van der Waals surface area contributed by atoms with Crippen molar-refractivity contribution in [1.82, 2.24) is 9.97 Å². The van der Waals surface area contributed by atoms with Crippen molar-refractivity contribution in [1.29, 1.82) is 0 Å². The van der Waals surface area contributed by atoms with Crippen molar-refractivity contribution in [2.45, 2.75) is 39.7 Å². The molecule has 2 N–H and O–H groups in total. The van der Waals surface area contributed by atoms with Gasteiger partial charge in [0, 0.05) is 30.8 Å². The van der Waals surface area contributed by atoms with Crippen molar-refractivity contribution < 1.29 is 0 Å². The van der Waals surface area contributed by atoms with Gasteiger partial charge in [0.15, 0.2) is 0 Å². The van der Waals surface area contributed by atoms with E-state index in [0.717, 1.165) is 24.4 Å². The van der Waals surface area contributed by atoms with Crippen LogP contribution in [0.5, 0.6) is 0 Å². The topological polar surface area (TPSA) is 51.8 Å². The summed E-state index contributed by atoms with van der Waals surface area (Å²) >= 11 is 0. The lowest BCUT2D eigenvalue weighted by molar-refractivity contribution is 0.613. The summed E-state index contributed by atoms with van der Waals surface area (Å²) in [4.78, 5) is 8.70. The zero-order valence-corrected chi connectivity index (χ0v) is 9.20. The highest BCUT2D eigenvalue weighted by atomic mass is 14.9. The van der Waals surface area contributed by atoms with Crippen LogP contribution in [-0.2, 0) is 12.8 Å². The van der Waals surface area contributed by atoms with E-state index in [2.05, 4.69) is 23.8 Å². The fourth-order valence-electron chi connectivity index (χ4n) is 1.35. The molecule has 0 aliphatic rings. The Balaban J connectivity index is 2.68. The lowest BCUT2D eigenvalue weighted by Gasteiger charge is -2.07. The Bertz CT molecular complexity index is 256. The second kappa shape index (κ2) is 5.05. The normalized spacial score (nSPS) is 13.2. The van der Waals surface area contributed by atoms with Gasteiger partial charge in [-0.15, -0.1) is 0 Å². The number of aromatic nitrogens is 2. The second-order valence-electron chi connectivity index (χ2n) is 4.24. The van der Waals surface area contributed by atoms with Crippen molar-refractivity contribution in [3.8, 4) is 0 Å². The summed E-state index contributed by atoms with van der Waals surface area (Å²) in [5, 5.41) is 0. The van der Waals surface area contributed by atoms with Gasteiger partial charge in [-0.3, -0.25) is 0 Å². The molecule has 1 aromatic heterocycles. The molecule has 0 fully saturated rings.